The van der Waals surface area contributed by atoms with Crippen molar-refractivity contribution in [3.05, 3.63) is 12.8 Å². The van der Waals surface area contributed by atoms with Crippen molar-refractivity contribution in [2.75, 3.05) is 19.8 Å². The molecule has 2 rings (SSSR count). The van der Waals surface area contributed by atoms with Gasteiger partial charge in [0.05, 0.1) is 32.2 Å². The molecule has 0 aromatic heterocycles. The summed E-state index contributed by atoms with van der Waals surface area (Å²) in [6, 6.07) is 0. The van der Waals surface area contributed by atoms with Gasteiger partial charge in [0.15, 0.2) is 0 Å². The van der Waals surface area contributed by atoms with E-state index in [0.29, 0.717) is 18.1 Å². The summed E-state index contributed by atoms with van der Waals surface area (Å²) in [6.07, 6.45) is 7.14. The van der Waals surface area contributed by atoms with Gasteiger partial charge in [-0.1, -0.05) is 6.58 Å². The lowest BCUT2D eigenvalue weighted by molar-refractivity contribution is 0.00357. The summed E-state index contributed by atoms with van der Waals surface area (Å²) >= 11 is 0. The lowest BCUT2D eigenvalue weighted by atomic mass is 9.88. The average Bonchev–Trinajstić information content (AvgIpc) is 3.09. The number of hydrogen-bond acceptors (Lipinski definition) is 3. The molecule has 1 saturated heterocycles. The number of rotatable bonds is 6. The molecule has 0 N–H and O–H groups in total. The largest absolute Gasteiger partial charge is 0.502 e. The highest BCUT2D eigenvalue weighted by Gasteiger charge is 2.26. The highest BCUT2D eigenvalue weighted by molar-refractivity contribution is 4.75. The van der Waals surface area contributed by atoms with Crippen LogP contribution in [0.1, 0.15) is 25.7 Å². The van der Waals surface area contributed by atoms with Gasteiger partial charge in [-0.3, -0.25) is 0 Å². The van der Waals surface area contributed by atoms with Crippen molar-refractivity contribution < 1.29 is 14.2 Å². The third-order valence-corrected chi connectivity index (χ3v) is 3.16. The molecule has 0 aromatic carbocycles. The summed E-state index contributed by atoms with van der Waals surface area (Å²) in [6.45, 7) is 6.06. The molecule has 0 radical (unpaired) electrons. The topological polar surface area (TPSA) is 31.0 Å². The van der Waals surface area contributed by atoms with Crippen LogP contribution in [0.3, 0.4) is 0 Å². The molecular formula is C12H20O3. The van der Waals surface area contributed by atoms with Crippen LogP contribution in [-0.4, -0.2) is 32.0 Å². The normalized spacial score (nSPS) is 34.8. The molecule has 3 nitrogen and oxygen atoms in total. The third-order valence-electron chi connectivity index (χ3n) is 3.16. The third kappa shape index (κ3) is 3.84. The predicted molar refractivity (Wildman–Crippen MR) is 57.6 cm³/mol. The van der Waals surface area contributed by atoms with Crippen LogP contribution in [-0.2, 0) is 14.2 Å². The Morgan fingerprint density at radius 1 is 1.20 bits per heavy atom. The molecule has 86 valence electrons. The number of ether oxygens (including phenoxy) is 3. The fraction of sp³-hybridized carbons (Fsp3) is 0.833. The second-order valence-electron chi connectivity index (χ2n) is 4.43. The first-order valence-corrected chi connectivity index (χ1v) is 5.84. The Balaban J connectivity index is 1.56. The molecule has 1 saturated carbocycles. The molecule has 1 unspecified atom stereocenters. The maximum atomic E-state index is 5.77. The molecule has 1 aliphatic heterocycles. The van der Waals surface area contributed by atoms with Gasteiger partial charge < -0.3 is 14.2 Å². The molecule has 0 bridgehead atoms. The molecule has 0 amide bonds. The molecule has 3 heteroatoms. The lowest BCUT2D eigenvalue weighted by Crippen LogP contribution is -2.25. The zero-order valence-electron chi connectivity index (χ0n) is 9.19. The summed E-state index contributed by atoms with van der Waals surface area (Å²) in [5.41, 5.74) is 0. The minimum Gasteiger partial charge on any atom is -0.502 e. The Morgan fingerprint density at radius 3 is 2.53 bits per heavy atom. The fourth-order valence-electron chi connectivity index (χ4n) is 2.08. The zero-order valence-corrected chi connectivity index (χ0v) is 9.19. The van der Waals surface area contributed by atoms with Gasteiger partial charge in [-0.25, -0.2) is 0 Å². The summed E-state index contributed by atoms with van der Waals surface area (Å²) in [5, 5.41) is 0. The maximum absolute atomic E-state index is 5.77. The van der Waals surface area contributed by atoms with E-state index in [2.05, 4.69) is 6.58 Å². The van der Waals surface area contributed by atoms with Gasteiger partial charge in [-0.15, -0.1) is 0 Å². The van der Waals surface area contributed by atoms with Gasteiger partial charge in [-0.2, -0.15) is 0 Å². The van der Waals surface area contributed by atoms with Crippen molar-refractivity contribution in [1.82, 2.24) is 0 Å². The lowest BCUT2D eigenvalue weighted by Gasteiger charge is -2.27. The molecule has 15 heavy (non-hydrogen) atoms. The van der Waals surface area contributed by atoms with Crippen LogP contribution in [0.2, 0.25) is 0 Å². The summed E-state index contributed by atoms with van der Waals surface area (Å²) in [5.74, 6) is 0.694. The molecule has 1 heterocycles. The zero-order chi connectivity index (χ0) is 10.5. The molecule has 1 atom stereocenters. The van der Waals surface area contributed by atoms with Gasteiger partial charge in [0.25, 0.3) is 0 Å². The minimum absolute atomic E-state index is 0.395. The van der Waals surface area contributed by atoms with E-state index >= 15 is 0 Å². The van der Waals surface area contributed by atoms with Crippen molar-refractivity contribution in [2.45, 2.75) is 37.9 Å². The van der Waals surface area contributed by atoms with E-state index in [1.54, 1.807) is 0 Å². The van der Waals surface area contributed by atoms with Crippen molar-refractivity contribution in [3.63, 3.8) is 0 Å². The Bertz CT molecular complexity index is 193. The second kappa shape index (κ2) is 5.52. The average molecular weight is 212 g/mol. The van der Waals surface area contributed by atoms with Crippen LogP contribution in [0.25, 0.3) is 0 Å². The maximum Gasteiger partial charge on any atom is 0.104 e. The molecule has 2 fully saturated rings. The van der Waals surface area contributed by atoms with Crippen LogP contribution in [0.15, 0.2) is 12.8 Å². The van der Waals surface area contributed by atoms with Crippen molar-refractivity contribution in [3.8, 4) is 0 Å². The van der Waals surface area contributed by atoms with E-state index in [1.165, 1.54) is 19.1 Å². The Kier molecular flexibility index (Phi) is 4.03. The first kappa shape index (κ1) is 11.0. The van der Waals surface area contributed by atoms with Crippen LogP contribution in [0, 0.1) is 5.92 Å². The second-order valence-corrected chi connectivity index (χ2v) is 4.43. The fourth-order valence-corrected chi connectivity index (χ4v) is 2.08. The summed E-state index contributed by atoms with van der Waals surface area (Å²) in [4.78, 5) is 0. The quantitative estimate of drug-likeness (QED) is 0.499. The van der Waals surface area contributed by atoms with Gasteiger partial charge >= 0.3 is 0 Å². The van der Waals surface area contributed by atoms with E-state index in [-0.39, 0.29) is 0 Å². The van der Waals surface area contributed by atoms with Crippen LogP contribution >= 0.6 is 0 Å². The summed E-state index contributed by atoms with van der Waals surface area (Å²) < 4.78 is 16.1. The van der Waals surface area contributed by atoms with Gasteiger partial charge in [0, 0.05) is 0 Å². The minimum atomic E-state index is 0.395. The Hall–Kier alpha value is -0.540. The molecule has 1 aliphatic carbocycles. The monoisotopic (exact) mass is 212 g/mol. The van der Waals surface area contributed by atoms with E-state index in [1.807, 2.05) is 0 Å². The smallest absolute Gasteiger partial charge is 0.104 e. The van der Waals surface area contributed by atoms with Crippen LogP contribution in [0.4, 0.5) is 0 Å². The van der Waals surface area contributed by atoms with Gasteiger partial charge in [-0.05, 0) is 31.6 Å². The molecule has 0 spiro atoms. The highest BCUT2D eigenvalue weighted by atomic mass is 16.6. The highest BCUT2D eigenvalue weighted by Crippen LogP contribution is 2.27. The first-order valence-electron chi connectivity index (χ1n) is 5.84. The van der Waals surface area contributed by atoms with Gasteiger partial charge in [0.2, 0.25) is 0 Å². The standard InChI is InChI=1S/C12H20O3/c1-2-13-7-10-3-5-11(6-4-10)14-8-12-9-15-12/h2,10-12H,1,3-9H2. The number of hydrogen-bond donors (Lipinski definition) is 0. The van der Waals surface area contributed by atoms with Crippen LogP contribution < -0.4 is 0 Å². The SMILES string of the molecule is C=COCC1CCC(OCC2CO2)CC1. The van der Waals surface area contributed by atoms with E-state index in [9.17, 15) is 0 Å². The summed E-state index contributed by atoms with van der Waals surface area (Å²) in [7, 11) is 0. The van der Waals surface area contributed by atoms with Crippen LogP contribution in [0.5, 0.6) is 0 Å². The van der Waals surface area contributed by atoms with Crippen molar-refractivity contribution in [2.24, 2.45) is 5.92 Å². The predicted octanol–water partition coefficient (Wildman–Crippen LogP) is 2.12. The van der Waals surface area contributed by atoms with Crippen molar-refractivity contribution in [1.29, 1.82) is 0 Å². The Labute approximate surface area is 91.4 Å². The van der Waals surface area contributed by atoms with Crippen molar-refractivity contribution >= 4 is 0 Å². The van der Waals surface area contributed by atoms with E-state index < -0.39 is 0 Å². The van der Waals surface area contributed by atoms with E-state index in [4.69, 9.17) is 14.2 Å². The molecular weight excluding hydrogens is 192 g/mol. The Morgan fingerprint density at radius 2 is 1.93 bits per heavy atom. The molecule has 0 aromatic rings. The number of epoxide rings is 1. The molecule has 2 aliphatic rings. The van der Waals surface area contributed by atoms with E-state index in [0.717, 1.165) is 32.7 Å². The first-order chi connectivity index (χ1) is 7.38. The van der Waals surface area contributed by atoms with Gasteiger partial charge in [0.1, 0.15) is 6.10 Å².